The number of sulfonamides is 1. The van der Waals surface area contributed by atoms with Crippen LogP contribution in [0.15, 0.2) is 19.9 Å². The quantitative estimate of drug-likeness (QED) is 0.355. The minimum atomic E-state index is -3.48. The van der Waals surface area contributed by atoms with E-state index in [9.17, 15) is 8.42 Å². The third kappa shape index (κ3) is 3.10. The maximum absolute atomic E-state index is 12.7. The standard InChI is InChI=1S/C12H18BrN3O3S2/c1-8-9(7-10(13)20-8)21(18,19)16-5-3-12(2,4-6-16)11(14)15-17/h7,17H,3-6H2,1-2H3,(H2,14,15). The number of halogens is 1. The smallest absolute Gasteiger partial charge is 0.244 e. The summed E-state index contributed by atoms with van der Waals surface area (Å²) in [7, 11) is -3.48. The molecule has 0 atom stereocenters. The Kier molecular flexibility index (Phi) is 4.67. The summed E-state index contributed by atoms with van der Waals surface area (Å²) in [6, 6.07) is 1.65. The number of hydrogen-bond donors (Lipinski definition) is 2. The Morgan fingerprint density at radius 3 is 2.52 bits per heavy atom. The summed E-state index contributed by atoms with van der Waals surface area (Å²) in [5, 5.41) is 11.9. The van der Waals surface area contributed by atoms with Crippen LogP contribution in [0.25, 0.3) is 0 Å². The second kappa shape index (κ2) is 5.86. The van der Waals surface area contributed by atoms with E-state index in [2.05, 4.69) is 21.1 Å². The van der Waals surface area contributed by atoms with Crippen molar-refractivity contribution in [2.45, 2.75) is 31.6 Å². The Morgan fingerprint density at radius 1 is 1.52 bits per heavy atom. The zero-order chi connectivity index (χ0) is 15.8. The van der Waals surface area contributed by atoms with Gasteiger partial charge in [0, 0.05) is 23.4 Å². The van der Waals surface area contributed by atoms with Crippen LogP contribution in [0.2, 0.25) is 0 Å². The van der Waals surface area contributed by atoms with E-state index in [-0.39, 0.29) is 5.84 Å². The number of piperidine rings is 1. The second-order valence-electron chi connectivity index (χ2n) is 5.42. The molecule has 1 aliphatic heterocycles. The molecule has 0 aromatic carbocycles. The van der Waals surface area contributed by atoms with E-state index in [1.807, 2.05) is 6.92 Å². The molecule has 0 aliphatic carbocycles. The Bertz CT molecular complexity index is 661. The number of oxime groups is 1. The molecule has 2 heterocycles. The highest BCUT2D eigenvalue weighted by molar-refractivity contribution is 9.11. The van der Waals surface area contributed by atoms with E-state index in [0.717, 1.165) is 8.66 Å². The number of hydrogen-bond acceptors (Lipinski definition) is 5. The zero-order valence-corrected chi connectivity index (χ0v) is 15.1. The minimum absolute atomic E-state index is 0.161. The van der Waals surface area contributed by atoms with E-state index in [1.54, 1.807) is 13.0 Å². The van der Waals surface area contributed by atoms with Gasteiger partial charge in [0.05, 0.1) is 8.68 Å². The molecule has 1 saturated heterocycles. The highest BCUT2D eigenvalue weighted by Gasteiger charge is 2.39. The fourth-order valence-corrected chi connectivity index (χ4v) is 6.25. The zero-order valence-electron chi connectivity index (χ0n) is 11.8. The number of thiophene rings is 1. The van der Waals surface area contributed by atoms with Gasteiger partial charge >= 0.3 is 0 Å². The van der Waals surface area contributed by atoms with Crippen LogP contribution in [0.3, 0.4) is 0 Å². The van der Waals surface area contributed by atoms with Crippen LogP contribution in [-0.2, 0) is 10.0 Å². The van der Waals surface area contributed by atoms with Gasteiger partial charge in [-0.3, -0.25) is 0 Å². The third-order valence-corrected chi connectivity index (χ3v) is 7.72. The van der Waals surface area contributed by atoms with E-state index in [0.29, 0.717) is 30.8 Å². The lowest BCUT2D eigenvalue weighted by Gasteiger charge is -2.37. The molecule has 0 saturated carbocycles. The molecule has 1 aromatic rings. The first-order valence-electron chi connectivity index (χ1n) is 6.45. The topological polar surface area (TPSA) is 96.0 Å². The molecular formula is C12H18BrN3O3S2. The van der Waals surface area contributed by atoms with Crippen molar-refractivity contribution in [3.63, 3.8) is 0 Å². The van der Waals surface area contributed by atoms with Crippen LogP contribution >= 0.6 is 27.3 Å². The van der Waals surface area contributed by atoms with Crippen molar-refractivity contribution in [1.29, 1.82) is 0 Å². The van der Waals surface area contributed by atoms with Gasteiger partial charge in [0.25, 0.3) is 0 Å². The lowest BCUT2D eigenvalue weighted by atomic mass is 9.80. The van der Waals surface area contributed by atoms with Crippen molar-refractivity contribution in [1.82, 2.24) is 4.31 Å². The minimum Gasteiger partial charge on any atom is -0.409 e. The summed E-state index contributed by atoms with van der Waals surface area (Å²) in [6.07, 6.45) is 1.07. The molecule has 0 bridgehead atoms. The van der Waals surface area contributed by atoms with E-state index >= 15 is 0 Å². The van der Waals surface area contributed by atoms with Gasteiger partial charge in [-0.25, -0.2) is 8.42 Å². The van der Waals surface area contributed by atoms with Gasteiger partial charge in [-0.1, -0.05) is 12.1 Å². The van der Waals surface area contributed by atoms with Crippen molar-refractivity contribution in [3.8, 4) is 0 Å². The average Bonchev–Trinajstić information content (AvgIpc) is 2.78. The Balaban J connectivity index is 2.21. The molecule has 118 valence electrons. The van der Waals surface area contributed by atoms with Crippen LogP contribution in [0.4, 0.5) is 0 Å². The highest BCUT2D eigenvalue weighted by atomic mass is 79.9. The molecule has 0 spiro atoms. The number of rotatable bonds is 3. The molecule has 1 fully saturated rings. The molecule has 9 heteroatoms. The lowest BCUT2D eigenvalue weighted by Crippen LogP contribution is -2.47. The predicted molar refractivity (Wildman–Crippen MR) is 86.3 cm³/mol. The number of nitrogens with two attached hydrogens (primary N) is 1. The van der Waals surface area contributed by atoms with Gasteiger partial charge in [-0.05, 0) is 41.8 Å². The second-order valence-corrected chi connectivity index (χ2v) is 9.96. The van der Waals surface area contributed by atoms with Crippen molar-refractivity contribution < 1.29 is 13.6 Å². The molecule has 0 unspecified atom stereocenters. The first-order valence-corrected chi connectivity index (χ1v) is 9.50. The molecule has 21 heavy (non-hydrogen) atoms. The summed E-state index contributed by atoms with van der Waals surface area (Å²) in [5.74, 6) is 0.161. The largest absolute Gasteiger partial charge is 0.409 e. The summed E-state index contributed by atoms with van der Waals surface area (Å²) in [6.45, 7) is 4.41. The van der Waals surface area contributed by atoms with Gasteiger partial charge in [0.2, 0.25) is 10.0 Å². The SMILES string of the molecule is Cc1sc(Br)cc1S(=O)(=O)N1CCC(C)(C(N)=NO)CC1. The molecule has 6 nitrogen and oxygen atoms in total. The molecule has 1 aliphatic rings. The molecule has 1 aromatic heterocycles. The summed E-state index contributed by atoms with van der Waals surface area (Å²) in [4.78, 5) is 1.12. The van der Waals surface area contributed by atoms with Gasteiger partial charge < -0.3 is 10.9 Å². The van der Waals surface area contributed by atoms with E-state index in [1.165, 1.54) is 15.6 Å². The maximum atomic E-state index is 12.7. The van der Waals surface area contributed by atoms with E-state index in [4.69, 9.17) is 10.9 Å². The summed E-state index contributed by atoms with van der Waals surface area (Å²) in [5.41, 5.74) is 5.25. The third-order valence-electron chi connectivity index (χ3n) is 4.01. The summed E-state index contributed by atoms with van der Waals surface area (Å²) < 4.78 is 27.6. The molecule has 3 N–H and O–H groups in total. The van der Waals surface area contributed by atoms with Crippen molar-refractivity contribution >= 4 is 43.1 Å². The molecule has 0 amide bonds. The van der Waals surface area contributed by atoms with Crippen LogP contribution in [0, 0.1) is 12.3 Å². The Labute approximate surface area is 136 Å². The predicted octanol–water partition coefficient (Wildman–Crippen LogP) is 2.36. The van der Waals surface area contributed by atoms with Crippen LogP contribution < -0.4 is 5.73 Å². The van der Waals surface area contributed by atoms with Gasteiger partial charge in [-0.15, -0.1) is 11.3 Å². The van der Waals surface area contributed by atoms with Crippen molar-refractivity contribution in [2.24, 2.45) is 16.3 Å². The first-order chi connectivity index (χ1) is 9.70. The average molecular weight is 396 g/mol. The van der Waals surface area contributed by atoms with Crippen LogP contribution in [-0.4, -0.2) is 36.9 Å². The molecule has 0 radical (unpaired) electrons. The normalized spacial score (nSPS) is 20.6. The van der Waals surface area contributed by atoms with Crippen LogP contribution in [0.1, 0.15) is 24.6 Å². The van der Waals surface area contributed by atoms with Gasteiger partial charge in [0.1, 0.15) is 5.84 Å². The molecule has 2 rings (SSSR count). The van der Waals surface area contributed by atoms with Crippen molar-refractivity contribution in [2.75, 3.05) is 13.1 Å². The number of amidine groups is 1. The number of aryl methyl sites for hydroxylation is 1. The highest BCUT2D eigenvalue weighted by Crippen LogP contribution is 2.36. The summed E-state index contributed by atoms with van der Waals surface area (Å²) >= 11 is 4.73. The Morgan fingerprint density at radius 2 is 2.10 bits per heavy atom. The number of nitrogens with zero attached hydrogens (tertiary/aromatic N) is 2. The fourth-order valence-electron chi connectivity index (χ4n) is 2.42. The first kappa shape index (κ1) is 16.7. The van der Waals surface area contributed by atoms with E-state index < -0.39 is 15.4 Å². The van der Waals surface area contributed by atoms with Crippen LogP contribution in [0.5, 0.6) is 0 Å². The fraction of sp³-hybridized carbons (Fsp3) is 0.583. The van der Waals surface area contributed by atoms with Gasteiger partial charge in [-0.2, -0.15) is 4.31 Å². The monoisotopic (exact) mass is 395 g/mol. The Hall–Kier alpha value is -0.640. The van der Waals surface area contributed by atoms with Crippen molar-refractivity contribution in [3.05, 3.63) is 14.7 Å². The lowest BCUT2D eigenvalue weighted by molar-refractivity contribution is 0.230. The maximum Gasteiger partial charge on any atom is 0.244 e. The molecular weight excluding hydrogens is 378 g/mol. The van der Waals surface area contributed by atoms with Gasteiger partial charge in [0.15, 0.2) is 0 Å².